The predicted octanol–water partition coefficient (Wildman–Crippen LogP) is 3.28. The summed E-state index contributed by atoms with van der Waals surface area (Å²) in [5.41, 5.74) is 0.471. The van der Waals surface area contributed by atoms with Crippen molar-refractivity contribution in [1.29, 1.82) is 0 Å². The normalized spacial score (nSPS) is 31.7. The minimum absolute atomic E-state index is 0.471. The van der Waals surface area contributed by atoms with Gasteiger partial charge in [0.25, 0.3) is 0 Å². The van der Waals surface area contributed by atoms with Crippen molar-refractivity contribution in [1.82, 2.24) is 10.2 Å². The van der Waals surface area contributed by atoms with Gasteiger partial charge in [-0.2, -0.15) is 0 Å². The minimum Gasteiger partial charge on any atom is -0.312 e. The van der Waals surface area contributed by atoms with E-state index in [-0.39, 0.29) is 0 Å². The summed E-state index contributed by atoms with van der Waals surface area (Å²) >= 11 is 0. The molecule has 0 saturated heterocycles. The second kappa shape index (κ2) is 5.92. The number of nitrogens with zero attached hydrogens (tertiary/aromatic N) is 1. The molecule has 2 saturated carbocycles. The Balaban J connectivity index is 1.87. The lowest BCUT2D eigenvalue weighted by Crippen LogP contribution is -2.58. The van der Waals surface area contributed by atoms with E-state index in [0.29, 0.717) is 5.54 Å². The molecule has 0 spiro atoms. The lowest BCUT2D eigenvalue weighted by atomic mass is 9.74. The van der Waals surface area contributed by atoms with Gasteiger partial charge in [0.1, 0.15) is 0 Å². The summed E-state index contributed by atoms with van der Waals surface area (Å²) in [7, 11) is 4.50. The Bertz CT molecular complexity index is 256. The van der Waals surface area contributed by atoms with Crippen molar-refractivity contribution in [2.75, 3.05) is 20.6 Å². The maximum Gasteiger partial charge on any atom is 0.0328 e. The standard InChI is InChI=1S/C16H32N2/c1-13(2)14-8-5-6-9-15(14)17-12-16(18(3)4)10-7-11-16/h13-15,17H,5-12H2,1-4H3. The fourth-order valence-electron chi connectivity index (χ4n) is 3.90. The molecule has 0 aromatic carbocycles. The highest BCUT2D eigenvalue weighted by atomic mass is 15.2. The summed E-state index contributed by atoms with van der Waals surface area (Å²) in [6.45, 7) is 6.00. The molecule has 0 radical (unpaired) electrons. The summed E-state index contributed by atoms with van der Waals surface area (Å²) in [6, 6.07) is 0.774. The minimum atomic E-state index is 0.471. The Kier molecular flexibility index (Phi) is 4.71. The second-order valence-electron chi connectivity index (χ2n) is 7.15. The Morgan fingerprint density at radius 2 is 1.78 bits per heavy atom. The summed E-state index contributed by atoms with van der Waals surface area (Å²) in [5, 5.41) is 3.94. The molecule has 0 aliphatic heterocycles. The van der Waals surface area contributed by atoms with Crippen LogP contribution in [0.5, 0.6) is 0 Å². The van der Waals surface area contributed by atoms with E-state index in [2.05, 4.69) is 38.2 Å². The third-order valence-electron chi connectivity index (χ3n) is 5.60. The smallest absolute Gasteiger partial charge is 0.0328 e. The number of nitrogens with one attached hydrogen (secondary N) is 1. The molecule has 0 aromatic rings. The quantitative estimate of drug-likeness (QED) is 0.808. The van der Waals surface area contributed by atoms with E-state index in [1.807, 2.05) is 0 Å². The van der Waals surface area contributed by atoms with E-state index < -0.39 is 0 Å². The summed E-state index contributed by atoms with van der Waals surface area (Å²) in [4.78, 5) is 2.46. The number of likely N-dealkylation sites (N-methyl/N-ethyl adjacent to an activating group) is 1. The average molecular weight is 252 g/mol. The first-order valence-electron chi connectivity index (χ1n) is 7.96. The van der Waals surface area contributed by atoms with Crippen LogP contribution < -0.4 is 5.32 Å². The summed E-state index contributed by atoms with van der Waals surface area (Å²) in [5.74, 6) is 1.73. The molecule has 18 heavy (non-hydrogen) atoms. The van der Waals surface area contributed by atoms with Crippen LogP contribution in [0.15, 0.2) is 0 Å². The van der Waals surface area contributed by atoms with Gasteiger partial charge in [0.2, 0.25) is 0 Å². The Morgan fingerprint density at radius 1 is 1.11 bits per heavy atom. The predicted molar refractivity (Wildman–Crippen MR) is 78.9 cm³/mol. The van der Waals surface area contributed by atoms with Crippen LogP contribution in [0.4, 0.5) is 0 Å². The lowest BCUT2D eigenvalue weighted by molar-refractivity contribution is 0.0500. The average Bonchev–Trinajstić information content (AvgIpc) is 2.27. The largest absolute Gasteiger partial charge is 0.312 e. The second-order valence-corrected chi connectivity index (χ2v) is 7.15. The van der Waals surface area contributed by atoms with Crippen molar-refractivity contribution < 1.29 is 0 Å². The molecule has 0 bridgehead atoms. The van der Waals surface area contributed by atoms with Crippen LogP contribution in [0.2, 0.25) is 0 Å². The molecule has 2 heteroatoms. The van der Waals surface area contributed by atoms with Crippen molar-refractivity contribution in [2.45, 2.75) is 70.4 Å². The highest BCUT2D eigenvalue weighted by Crippen LogP contribution is 2.37. The van der Waals surface area contributed by atoms with Gasteiger partial charge in [-0.15, -0.1) is 0 Å². The zero-order valence-electron chi connectivity index (χ0n) is 12.8. The van der Waals surface area contributed by atoms with Gasteiger partial charge in [-0.1, -0.05) is 26.7 Å². The first-order valence-corrected chi connectivity index (χ1v) is 7.96. The van der Waals surface area contributed by atoms with Gasteiger partial charge in [-0.05, 0) is 58.0 Å². The first kappa shape index (κ1) is 14.3. The monoisotopic (exact) mass is 252 g/mol. The van der Waals surface area contributed by atoms with Gasteiger partial charge in [-0.25, -0.2) is 0 Å². The molecule has 2 unspecified atom stereocenters. The molecule has 2 rings (SSSR count). The van der Waals surface area contributed by atoms with E-state index in [1.54, 1.807) is 0 Å². The number of rotatable bonds is 5. The van der Waals surface area contributed by atoms with Crippen molar-refractivity contribution in [3.63, 3.8) is 0 Å². The molecule has 2 nitrogen and oxygen atoms in total. The number of hydrogen-bond donors (Lipinski definition) is 1. The first-order chi connectivity index (χ1) is 8.55. The fourth-order valence-corrected chi connectivity index (χ4v) is 3.90. The summed E-state index contributed by atoms with van der Waals surface area (Å²) < 4.78 is 0. The van der Waals surface area contributed by atoms with Crippen molar-refractivity contribution >= 4 is 0 Å². The molecule has 2 atom stereocenters. The van der Waals surface area contributed by atoms with E-state index >= 15 is 0 Å². The molecular weight excluding hydrogens is 220 g/mol. The Hall–Kier alpha value is -0.0800. The molecule has 1 N–H and O–H groups in total. The number of hydrogen-bond acceptors (Lipinski definition) is 2. The molecular formula is C16H32N2. The van der Waals surface area contributed by atoms with Gasteiger partial charge >= 0.3 is 0 Å². The van der Waals surface area contributed by atoms with Crippen LogP contribution in [-0.2, 0) is 0 Å². The molecule has 2 fully saturated rings. The van der Waals surface area contributed by atoms with E-state index in [1.165, 1.54) is 51.5 Å². The van der Waals surface area contributed by atoms with Crippen molar-refractivity contribution in [3.8, 4) is 0 Å². The van der Waals surface area contributed by atoms with E-state index in [0.717, 1.165) is 17.9 Å². The van der Waals surface area contributed by atoms with E-state index in [4.69, 9.17) is 0 Å². The SMILES string of the molecule is CC(C)C1CCCCC1NCC1(N(C)C)CCC1. The molecule has 0 heterocycles. The van der Waals surface area contributed by atoms with E-state index in [9.17, 15) is 0 Å². The zero-order chi connectivity index (χ0) is 13.2. The molecule has 2 aliphatic rings. The van der Waals surface area contributed by atoms with Crippen LogP contribution in [0.1, 0.15) is 58.8 Å². The van der Waals surface area contributed by atoms with Crippen LogP contribution in [0.3, 0.4) is 0 Å². The van der Waals surface area contributed by atoms with Crippen LogP contribution >= 0.6 is 0 Å². The molecule has 2 aliphatic carbocycles. The maximum atomic E-state index is 3.94. The van der Waals surface area contributed by atoms with Gasteiger partial charge in [0, 0.05) is 18.1 Å². The Labute approximate surface area is 114 Å². The highest BCUT2D eigenvalue weighted by molar-refractivity contribution is 4.99. The van der Waals surface area contributed by atoms with Gasteiger partial charge < -0.3 is 10.2 Å². The molecule has 0 amide bonds. The lowest BCUT2D eigenvalue weighted by Gasteiger charge is -2.49. The third kappa shape index (κ3) is 2.91. The third-order valence-corrected chi connectivity index (χ3v) is 5.60. The summed E-state index contributed by atoms with van der Waals surface area (Å²) in [6.07, 6.45) is 9.88. The molecule has 106 valence electrons. The van der Waals surface area contributed by atoms with Gasteiger partial charge in [0.15, 0.2) is 0 Å². The Morgan fingerprint density at radius 3 is 2.28 bits per heavy atom. The van der Waals surface area contributed by atoms with Gasteiger partial charge in [0.05, 0.1) is 0 Å². The van der Waals surface area contributed by atoms with Gasteiger partial charge in [-0.3, -0.25) is 0 Å². The maximum absolute atomic E-state index is 3.94. The van der Waals surface area contributed by atoms with Crippen LogP contribution in [0.25, 0.3) is 0 Å². The highest BCUT2D eigenvalue weighted by Gasteiger charge is 2.40. The van der Waals surface area contributed by atoms with Crippen LogP contribution in [0, 0.1) is 11.8 Å². The van der Waals surface area contributed by atoms with Crippen molar-refractivity contribution in [2.24, 2.45) is 11.8 Å². The fraction of sp³-hybridized carbons (Fsp3) is 1.00. The van der Waals surface area contributed by atoms with Crippen molar-refractivity contribution in [3.05, 3.63) is 0 Å². The van der Waals surface area contributed by atoms with Crippen LogP contribution in [-0.4, -0.2) is 37.1 Å². The topological polar surface area (TPSA) is 15.3 Å². The zero-order valence-corrected chi connectivity index (χ0v) is 12.8. The molecule has 0 aromatic heterocycles.